The topological polar surface area (TPSA) is 107 Å². The minimum Gasteiger partial charge on any atom is -0.486 e. The number of benzene rings is 1. The Kier molecular flexibility index (Phi) is 3.69. The van der Waals surface area contributed by atoms with Crippen molar-refractivity contribution in [2.24, 2.45) is 12.8 Å². The molecule has 0 aliphatic carbocycles. The van der Waals surface area contributed by atoms with Crippen molar-refractivity contribution in [3.63, 3.8) is 0 Å². The number of carbonyl (C=O) groups is 2. The molecule has 1 aromatic heterocycles. The molecule has 1 amide bonds. The van der Waals surface area contributed by atoms with Gasteiger partial charge in [0.2, 0.25) is 0 Å². The number of nitrogens with two attached hydrogens (primary N) is 1. The van der Waals surface area contributed by atoms with Crippen LogP contribution in [0.2, 0.25) is 0 Å². The fraction of sp³-hybridized carbons (Fsp3) is 0.154. The maximum Gasteiger partial charge on any atom is 0.339 e. The molecule has 3 N–H and O–H groups in total. The summed E-state index contributed by atoms with van der Waals surface area (Å²) in [5.74, 6) is -1.39. The highest BCUT2D eigenvalue weighted by atomic mass is 16.5. The first-order valence-electron chi connectivity index (χ1n) is 5.76. The number of amides is 1. The number of rotatable bonds is 5. The molecule has 0 saturated heterocycles. The van der Waals surface area contributed by atoms with E-state index >= 15 is 0 Å². The lowest BCUT2D eigenvalue weighted by molar-refractivity contribution is 0.0693. The van der Waals surface area contributed by atoms with E-state index in [0.29, 0.717) is 11.4 Å². The first kappa shape index (κ1) is 13.6. The van der Waals surface area contributed by atoms with Crippen LogP contribution in [0.5, 0.6) is 5.75 Å². The van der Waals surface area contributed by atoms with Crippen LogP contribution in [0.3, 0.4) is 0 Å². The summed E-state index contributed by atoms with van der Waals surface area (Å²) in [5, 5.41) is 12.9. The molecule has 20 heavy (non-hydrogen) atoms. The number of ether oxygens (including phenoxy) is 1. The predicted molar refractivity (Wildman–Crippen MR) is 69.5 cm³/mol. The Morgan fingerprint density at radius 1 is 1.35 bits per heavy atom. The van der Waals surface area contributed by atoms with Gasteiger partial charge in [-0.2, -0.15) is 5.10 Å². The molecule has 0 bridgehead atoms. The third-order valence-corrected chi connectivity index (χ3v) is 2.81. The van der Waals surface area contributed by atoms with E-state index < -0.39 is 11.9 Å². The summed E-state index contributed by atoms with van der Waals surface area (Å²) in [6, 6.07) is 6.50. The number of aryl methyl sites for hydroxylation is 1. The number of aromatic nitrogens is 2. The van der Waals surface area contributed by atoms with Crippen LogP contribution < -0.4 is 10.5 Å². The second kappa shape index (κ2) is 5.43. The summed E-state index contributed by atoms with van der Waals surface area (Å²) in [5.41, 5.74) is 5.94. The van der Waals surface area contributed by atoms with Crippen LogP contribution in [0.1, 0.15) is 26.4 Å². The number of para-hydroxylation sites is 1. The Hall–Kier alpha value is -2.83. The number of aromatic carboxylic acids is 1. The lowest BCUT2D eigenvalue weighted by atomic mass is 10.2. The number of primary amides is 1. The molecule has 0 atom stereocenters. The van der Waals surface area contributed by atoms with Crippen LogP contribution >= 0.6 is 0 Å². The molecule has 7 nitrogen and oxygen atoms in total. The van der Waals surface area contributed by atoms with E-state index in [9.17, 15) is 9.59 Å². The van der Waals surface area contributed by atoms with Crippen LogP contribution in [-0.2, 0) is 13.7 Å². The molecule has 0 saturated carbocycles. The maximum absolute atomic E-state index is 11.3. The fourth-order valence-electron chi connectivity index (χ4n) is 1.75. The molecule has 2 rings (SSSR count). The monoisotopic (exact) mass is 275 g/mol. The van der Waals surface area contributed by atoms with E-state index in [4.69, 9.17) is 15.6 Å². The third kappa shape index (κ3) is 2.61. The summed E-state index contributed by atoms with van der Waals surface area (Å²) in [6.07, 6.45) is 1.25. The van der Waals surface area contributed by atoms with Gasteiger partial charge in [0, 0.05) is 7.05 Å². The summed E-state index contributed by atoms with van der Waals surface area (Å²) < 4.78 is 6.90. The van der Waals surface area contributed by atoms with Gasteiger partial charge in [0.1, 0.15) is 17.9 Å². The highest BCUT2D eigenvalue weighted by molar-refractivity contribution is 5.95. The molecule has 7 heteroatoms. The Morgan fingerprint density at radius 2 is 2.05 bits per heavy atom. The molecule has 1 heterocycles. The van der Waals surface area contributed by atoms with E-state index in [-0.39, 0.29) is 17.7 Å². The van der Waals surface area contributed by atoms with Crippen LogP contribution in [0, 0.1) is 0 Å². The van der Waals surface area contributed by atoms with Gasteiger partial charge in [-0.05, 0) is 12.1 Å². The van der Waals surface area contributed by atoms with Crippen molar-refractivity contribution in [3.8, 4) is 5.75 Å². The molecule has 0 unspecified atom stereocenters. The number of carboxylic acid groups (broad SMARTS) is 1. The highest BCUT2D eigenvalue weighted by Crippen LogP contribution is 2.19. The van der Waals surface area contributed by atoms with Gasteiger partial charge in [0.25, 0.3) is 5.91 Å². The number of nitrogens with zero attached hydrogens (tertiary/aromatic N) is 2. The number of hydrogen-bond acceptors (Lipinski definition) is 4. The Morgan fingerprint density at radius 3 is 2.70 bits per heavy atom. The molecule has 0 radical (unpaired) electrons. The molecule has 104 valence electrons. The van der Waals surface area contributed by atoms with Gasteiger partial charge in [0.05, 0.1) is 17.5 Å². The lowest BCUT2D eigenvalue weighted by Crippen LogP contribution is -2.14. The van der Waals surface area contributed by atoms with Crippen LogP contribution in [0.15, 0.2) is 30.5 Å². The normalized spacial score (nSPS) is 10.2. The van der Waals surface area contributed by atoms with Gasteiger partial charge in [-0.1, -0.05) is 12.1 Å². The van der Waals surface area contributed by atoms with Crippen molar-refractivity contribution in [1.82, 2.24) is 9.78 Å². The summed E-state index contributed by atoms with van der Waals surface area (Å²) in [6.45, 7) is -0.0254. The molecule has 2 aromatic rings. The van der Waals surface area contributed by atoms with Crippen LogP contribution in [-0.4, -0.2) is 26.8 Å². The van der Waals surface area contributed by atoms with Crippen molar-refractivity contribution < 1.29 is 19.4 Å². The Balaban J connectivity index is 2.24. The lowest BCUT2D eigenvalue weighted by Gasteiger charge is -2.10. The Labute approximate surface area is 114 Å². The van der Waals surface area contributed by atoms with E-state index in [1.165, 1.54) is 10.9 Å². The minimum atomic E-state index is -1.08. The zero-order valence-corrected chi connectivity index (χ0v) is 10.7. The second-order valence-corrected chi connectivity index (χ2v) is 4.08. The zero-order chi connectivity index (χ0) is 14.7. The van der Waals surface area contributed by atoms with Crippen molar-refractivity contribution in [2.75, 3.05) is 0 Å². The first-order chi connectivity index (χ1) is 9.50. The number of hydrogen-bond donors (Lipinski definition) is 2. The molecule has 0 fully saturated rings. The fourth-order valence-corrected chi connectivity index (χ4v) is 1.75. The average molecular weight is 275 g/mol. The van der Waals surface area contributed by atoms with Crippen LogP contribution in [0.4, 0.5) is 0 Å². The van der Waals surface area contributed by atoms with Crippen molar-refractivity contribution in [1.29, 1.82) is 0 Å². The van der Waals surface area contributed by atoms with Gasteiger partial charge >= 0.3 is 5.97 Å². The van der Waals surface area contributed by atoms with Gasteiger partial charge < -0.3 is 15.6 Å². The maximum atomic E-state index is 11.3. The molecular formula is C13H13N3O4. The number of carbonyl (C=O) groups excluding carboxylic acids is 1. The number of carboxylic acids is 1. The zero-order valence-electron chi connectivity index (χ0n) is 10.7. The summed E-state index contributed by atoms with van der Waals surface area (Å²) in [4.78, 5) is 22.3. The Bertz CT molecular complexity index is 663. The minimum absolute atomic E-state index is 0.0254. The SMILES string of the molecule is Cn1ncc(C(=O)O)c1COc1ccccc1C(N)=O. The second-order valence-electron chi connectivity index (χ2n) is 4.08. The van der Waals surface area contributed by atoms with Gasteiger partial charge in [-0.15, -0.1) is 0 Å². The quantitative estimate of drug-likeness (QED) is 0.839. The van der Waals surface area contributed by atoms with Crippen molar-refractivity contribution in [3.05, 3.63) is 47.3 Å². The van der Waals surface area contributed by atoms with E-state index in [0.717, 1.165) is 0 Å². The molecule has 0 aliphatic heterocycles. The van der Waals surface area contributed by atoms with Crippen LogP contribution in [0.25, 0.3) is 0 Å². The standard InChI is InChI=1S/C13H13N3O4/c1-16-10(9(6-15-16)13(18)19)7-20-11-5-3-2-4-8(11)12(14)17/h2-6H,7H2,1H3,(H2,14,17)(H,18,19). The highest BCUT2D eigenvalue weighted by Gasteiger charge is 2.16. The molecule has 0 spiro atoms. The van der Waals surface area contributed by atoms with E-state index in [1.807, 2.05) is 0 Å². The first-order valence-corrected chi connectivity index (χ1v) is 5.76. The average Bonchev–Trinajstić information content (AvgIpc) is 2.78. The van der Waals surface area contributed by atoms with Crippen molar-refractivity contribution >= 4 is 11.9 Å². The van der Waals surface area contributed by atoms with Gasteiger partial charge in [-0.25, -0.2) is 4.79 Å². The van der Waals surface area contributed by atoms with Gasteiger partial charge in [0.15, 0.2) is 0 Å². The smallest absolute Gasteiger partial charge is 0.339 e. The van der Waals surface area contributed by atoms with E-state index in [1.54, 1.807) is 31.3 Å². The summed E-state index contributed by atoms with van der Waals surface area (Å²) in [7, 11) is 1.62. The van der Waals surface area contributed by atoms with Gasteiger partial charge in [-0.3, -0.25) is 9.48 Å². The molecule has 0 aliphatic rings. The predicted octanol–water partition coefficient (Wildman–Crippen LogP) is 0.796. The molecular weight excluding hydrogens is 262 g/mol. The molecule has 1 aromatic carbocycles. The third-order valence-electron chi connectivity index (χ3n) is 2.81. The van der Waals surface area contributed by atoms with Crippen molar-refractivity contribution in [2.45, 2.75) is 6.61 Å². The summed E-state index contributed by atoms with van der Waals surface area (Å²) >= 11 is 0. The largest absolute Gasteiger partial charge is 0.486 e. The van der Waals surface area contributed by atoms with E-state index in [2.05, 4.69) is 5.10 Å².